The number of hydrogen-bond donors (Lipinski definition) is 5. The van der Waals surface area contributed by atoms with Crippen molar-refractivity contribution < 1.29 is 53.3 Å². The minimum Gasteiger partial charge on any atom is -0.490 e. The van der Waals surface area contributed by atoms with Gasteiger partial charge in [-0.3, -0.25) is 15.4 Å². The Bertz CT molecular complexity index is 2850. The molecule has 5 unspecified atom stereocenters. The maximum atomic E-state index is 10.3. The van der Waals surface area contributed by atoms with E-state index in [4.69, 9.17) is 59.9 Å². The van der Waals surface area contributed by atoms with Crippen LogP contribution in [0, 0.1) is 32.1 Å². The summed E-state index contributed by atoms with van der Waals surface area (Å²) in [5, 5.41) is 31.5. The van der Waals surface area contributed by atoms with Crippen LogP contribution in [-0.2, 0) is 28.8 Å². The van der Waals surface area contributed by atoms with Crippen molar-refractivity contribution in [3.63, 3.8) is 0 Å². The van der Waals surface area contributed by atoms with Crippen LogP contribution in [0.1, 0.15) is 113 Å². The predicted molar refractivity (Wildman–Crippen MR) is 253 cm³/mol. The van der Waals surface area contributed by atoms with Gasteiger partial charge in [-0.2, -0.15) is 33.5 Å². The van der Waals surface area contributed by atoms with Crippen LogP contribution >= 0.6 is 0 Å². The second-order valence-electron chi connectivity index (χ2n) is 17.6. The van der Waals surface area contributed by atoms with Crippen LogP contribution in [0.5, 0.6) is 17.2 Å². The number of aromatic nitrogens is 3. The number of carbonyl (C=O) groups excluding carboxylic acids is 6. The van der Waals surface area contributed by atoms with Gasteiger partial charge in [-0.15, -0.1) is 0 Å². The zero-order valence-electron chi connectivity index (χ0n) is 39.4. The summed E-state index contributed by atoms with van der Waals surface area (Å²) in [4.78, 5) is 57.8. The zero-order valence-corrected chi connectivity index (χ0v) is 39.4. The average molecular weight is 945 g/mol. The monoisotopic (exact) mass is 944 g/mol. The molecule has 3 fully saturated rings. The van der Waals surface area contributed by atoms with E-state index in [-0.39, 0.29) is 36.6 Å². The summed E-state index contributed by atoms with van der Waals surface area (Å²) in [5.74, 6) is 3.27. The molecule has 5 atom stereocenters. The molecular weight excluding hydrogens is 885 g/mol. The molecule has 0 saturated heterocycles. The number of benzene rings is 3. The van der Waals surface area contributed by atoms with E-state index in [2.05, 4.69) is 29.0 Å². The van der Waals surface area contributed by atoms with Crippen LogP contribution in [0.25, 0.3) is 32.7 Å². The molecule has 3 aromatic heterocycles. The summed E-state index contributed by atoms with van der Waals surface area (Å²) in [5.41, 5.74) is 20.1. The standard InChI is InChI=1S/C17H22N2O2.C16H20N2O2.C16H18N2O.3CO2/c1-10-5-3-8-15(17(10)20)21-14-7-4-6-13-16(14)12(18)9-11(2)19-13;1-11-10-13(17)16-14(18(11)19)8-5-9-15(16)20-12-6-3-2-4-7-12;1-9-8-12(17)15-13(18-9)7-6-11-10-4-2-3-5-14(10)19-16(11)15;3*2-1-3/h4,6-7,9-10,15,17,20H,3,5,8H2,1-2H3,(H2,18,19);5,8-10,12,17,19H,2-4,6-7H2,1H3;6-8,10,14H,2-5H2,1H3,(H2,17,18);;;. The fourth-order valence-corrected chi connectivity index (χ4v) is 9.76. The second kappa shape index (κ2) is 25.1. The number of pyridine rings is 3. The molecule has 364 valence electrons. The van der Waals surface area contributed by atoms with Gasteiger partial charge in [0.1, 0.15) is 29.5 Å². The van der Waals surface area contributed by atoms with Crippen molar-refractivity contribution in [3.05, 3.63) is 94.7 Å². The first-order valence-corrected chi connectivity index (χ1v) is 23.1. The van der Waals surface area contributed by atoms with Crippen molar-refractivity contribution in [2.45, 2.75) is 135 Å². The molecule has 10 rings (SSSR count). The smallest absolute Gasteiger partial charge is 0.373 e. The predicted octanol–water partition coefficient (Wildman–Crippen LogP) is 8.23. The normalized spacial score (nSPS) is 19.9. The highest BCUT2D eigenvalue weighted by Crippen LogP contribution is 2.49. The Hall–Kier alpha value is -7.41. The van der Waals surface area contributed by atoms with Crippen LogP contribution < -0.4 is 31.0 Å². The van der Waals surface area contributed by atoms with E-state index >= 15 is 0 Å². The van der Waals surface area contributed by atoms with Gasteiger partial charge >= 0.3 is 18.5 Å². The fourth-order valence-electron chi connectivity index (χ4n) is 9.76. The van der Waals surface area contributed by atoms with Crippen LogP contribution in [0.2, 0.25) is 0 Å². The molecule has 0 radical (unpaired) electrons. The number of nitrogen functional groups attached to an aromatic ring is 2. The Kier molecular flexibility index (Phi) is 19.1. The lowest BCUT2D eigenvalue weighted by Gasteiger charge is -2.33. The Morgan fingerprint density at radius 1 is 0.681 bits per heavy atom. The van der Waals surface area contributed by atoms with Gasteiger partial charge in [-0.25, -0.2) is 0 Å². The molecule has 17 heteroatoms. The summed E-state index contributed by atoms with van der Waals surface area (Å²) in [6.45, 7) is 7.76. The Morgan fingerprint density at radius 3 is 1.90 bits per heavy atom. The van der Waals surface area contributed by atoms with Crippen molar-refractivity contribution in [2.24, 2.45) is 5.92 Å². The zero-order chi connectivity index (χ0) is 50.2. The van der Waals surface area contributed by atoms with Crippen LogP contribution in [-0.4, -0.2) is 67.9 Å². The minimum atomic E-state index is -0.423. The number of aliphatic hydroxyl groups excluding tert-OH is 1. The van der Waals surface area contributed by atoms with Gasteiger partial charge in [-0.05, 0) is 139 Å². The van der Waals surface area contributed by atoms with Gasteiger partial charge in [0.15, 0.2) is 0 Å². The Balaban J connectivity index is 0.000000178. The van der Waals surface area contributed by atoms with Crippen molar-refractivity contribution in [1.29, 1.82) is 5.41 Å². The number of nitrogens with one attached hydrogen (secondary N) is 1. The lowest BCUT2D eigenvalue weighted by atomic mass is 9.83. The van der Waals surface area contributed by atoms with E-state index in [1.165, 1.54) is 50.5 Å². The molecule has 3 aromatic carbocycles. The van der Waals surface area contributed by atoms with Gasteiger partial charge in [0.05, 0.1) is 56.0 Å². The van der Waals surface area contributed by atoms with E-state index in [1.54, 1.807) is 13.0 Å². The first-order chi connectivity index (χ1) is 33.2. The molecule has 3 aliphatic carbocycles. The van der Waals surface area contributed by atoms with Crippen LogP contribution in [0.3, 0.4) is 0 Å². The highest BCUT2D eigenvalue weighted by Gasteiger charge is 2.37. The summed E-state index contributed by atoms with van der Waals surface area (Å²) in [7, 11) is 0. The summed E-state index contributed by atoms with van der Waals surface area (Å²) in [6, 6.07) is 21.1. The number of rotatable bonds is 4. The summed E-state index contributed by atoms with van der Waals surface area (Å²) >= 11 is 0. The quantitative estimate of drug-likeness (QED) is 0.104. The molecule has 0 bridgehead atoms. The first kappa shape index (κ1) is 52.6. The van der Waals surface area contributed by atoms with E-state index in [0.717, 1.165) is 87.2 Å². The van der Waals surface area contributed by atoms with Crippen LogP contribution in [0.15, 0.2) is 66.7 Å². The first-order valence-electron chi connectivity index (χ1n) is 23.1. The van der Waals surface area contributed by atoms with Gasteiger partial charge in [-0.1, -0.05) is 38.0 Å². The van der Waals surface area contributed by atoms with E-state index < -0.39 is 6.10 Å². The van der Waals surface area contributed by atoms with Crippen LogP contribution in [0.4, 0.5) is 11.4 Å². The molecule has 0 spiro atoms. The number of anilines is 2. The molecule has 69 heavy (non-hydrogen) atoms. The lowest BCUT2D eigenvalue weighted by Crippen LogP contribution is -2.40. The minimum absolute atomic E-state index is 0.167. The number of fused-ring (bicyclic) bond motifs is 7. The highest BCUT2D eigenvalue weighted by atomic mass is 16.5. The second-order valence-corrected chi connectivity index (χ2v) is 17.6. The summed E-state index contributed by atoms with van der Waals surface area (Å²) in [6.07, 6.45) is 14.6. The molecule has 1 aliphatic heterocycles. The third-order valence-corrected chi connectivity index (χ3v) is 12.9. The lowest BCUT2D eigenvalue weighted by molar-refractivity contribution is -0.193. The van der Waals surface area contributed by atoms with E-state index in [1.807, 2.05) is 62.4 Å². The van der Waals surface area contributed by atoms with Crippen molar-refractivity contribution >= 4 is 62.5 Å². The number of aliphatic hydroxyl groups is 1. The molecule has 6 aromatic rings. The van der Waals surface area contributed by atoms with E-state index in [9.17, 15) is 10.3 Å². The molecule has 3 saturated carbocycles. The largest absolute Gasteiger partial charge is 0.490 e. The average Bonchev–Trinajstić information content (AvgIpc) is 3.70. The Morgan fingerprint density at radius 2 is 1.25 bits per heavy atom. The number of nitrogens with two attached hydrogens (primary N) is 2. The van der Waals surface area contributed by atoms with E-state index in [0.29, 0.717) is 45.4 Å². The maximum absolute atomic E-state index is 10.3. The maximum Gasteiger partial charge on any atom is 0.373 e. The van der Waals surface area contributed by atoms with Gasteiger partial charge in [0, 0.05) is 34.2 Å². The third-order valence-electron chi connectivity index (χ3n) is 12.9. The van der Waals surface area contributed by atoms with Crippen molar-refractivity contribution in [1.82, 2.24) is 14.7 Å². The number of aryl methyl sites for hydroxylation is 3. The van der Waals surface area contributed by atoms with Crippen molar-refractivity contribution in [3.8, 4) is 17.2 Å². The Labute approximate surface area is 399 Å². The number of nitrogens with zero attached hydrogens (tertiary/aromatic N) is 3. The molecule has 0 amide bonds. The summed E-state index contributed by atoms with van der Waals surface area (Å²) < 4.78 is 19.6. The molecule has 7 N–H and O–H groups in total. The number of hydrogen-bond acceptors (Lipinski definition) is 16. The third kappa shape index (κ3) is 13.0. The highest BCUT2D eigenvalue weighted by molar-refractivity contribution is 5.97. The molecular formula is C52H60N6O11. The molecule has 4 aliphatic rings. The van der Waals surface area contributed by atoms with Gasteiger partial charge in [0.25, 0.3) is 0 Å². The topological polar surface area (TPSA) is 277 Å². The molecule has 4 heterocycles. The number of ether oxygens (including phenoxy) is 3. The molecule has 17 nitrogen and oxygen atoms in total. The SMILES string of the molecule is Cc1cc(=N)c2c(OC3CCCCC3)cccc2n1O.Cc1cc(N)c2c(OC3CCCC(C)C3O)cccc2n1.Cc1cc(N)c2c3c(ccc2n1)C1CCCCC1O3.O=C=O.O=C=O.O=C=O. The van der Waals surface area contributed by atoms with Gasteiger partial charge in [0.2, 0.25) is 0 Å². The van der Waals surface area contributed by atoms with Gasteiger partial charge < -0.3 is 36.0 Å². The fraction of sp³-hybridized carbons (Fsp3) is 0.423. The van der Waals surface area contributed by atoms with Crippen molar-refractivity contribution in [2.75, 3.05) is 11.5 Å².